The zero-order chi connectivity index (χ0) is 18.3. The van der Waals surface area contributed by atoms with Gasteiger partial charge in [0.15, 0.2) is 12.1 Å². The molecule has 2 aliphatic rings. The molecule has 1 saturated heterocycles. The van der Waals surface area contributed by atoms with Gasteiger partial charge in [-0.1, -0.05) is 17.4 Å². The van der Waals surface area contributed by atoms with Gasteiger partial charge < -0.3 is 4.74 Å². The van der Waals surface area contributed by atoms with Crippen molar-refractivity contribution in [3.05, 3.63) is 59.9 Å². The number of nitrogens with zero attached hydrogens (tertiary/aromatic N) is 4. The summed E-state index contributed by atoms with van der Waals surface area (Å²) in [6.07, 6.45) is 0. The van der Waals surface area contributed by atoms with Gasteiger partial charge >= 0.3 is 0 Å². The fraction of sp³-hybridized carbons (Fsp3) is 0.222. The van der Waals surface area contributed by atoms with Crippen LogP contribution in [0.5, 0.6) is 5.75 Å². The van der Waals surface area contributed by atoms with E-state index in [2.05, 4.69) is 10.3 Å². The third kappa shape index (κ3) is 2.59. The summed E-state index contributed by atoms with van der Waals surface area (Å²) in [6.45, 7) is 0.264. The van der Waals surface area contributed by atoms with E-state index in [1.54, 1.807) is 43.5 Å². The molecule has 2 atom stereocenters. The molecule has 0 N–H and O–H groups in total. The normalized spacial score (nSPS) is 21.5. The maximum Gasteiger partial charge on any atom is 0.263 e. The number of ether oxygens (including phenoxy) is 1. The lowest BCUT2D eigenvalue weighted by Gasteiger charge is -2.20. The Morgan fingerprint density at radius 2 is 1.73 bits per heavy atom. The van der Waals surface area contributed by atoms with Gasteiger partial charge in [-0.15, -0.1) is 0 Å². The van der Waals surface area contributed by atoms with E-state index >= 15 is 0 Å². The number of hydrogen-bond acceptors (Lipinski definition) is 6. The summed E-state index contributed by atoms with van der Waals surface area (Å²) >= 11 is 0. The number of benzene rings is 2. The predicted molar refractivity (Wildman–Crippen MR) is 89.9 cm³/mol. The Kier molecular flexibility index (Phi) is 3.87. The smallest absolute Gasteiger partial charge is 0.263 e. The van der Waals surface area contributed by atoms with Gasteiger partial charge in [-0.25, -0.2) is 9.29 Å². The van der Waals surface area contributed by atoms with Crippen LogP contribution in [0.15, 0.2) is 58.9 Å². The molecule has 2 aromatic rings. The number of carbonyl (C=O) groups excluding carboxylic acids is 2. The Hall–Kier alpha value is -3.29. The van der Waals surface area contributed by atoms with E-state index in [1.807, 2.05) is 0 Å². The molecule has 0 spiro atoms. The molecule has 0 aliphatic carbocycles. The zero-order valence-electron chi connectivity index (χ0n) is 13.9. The van der Waals surface area contributed by atoms with Crippen molar-refractivity contribution in [3.8, 4) is 5.75 Å². The van der Waals surface area contributed by atoms with Gasteiger partial charge in [0, 0.05) is 0 Å². The van der Waals surface area contributed by atoms with Crippen molar-refractivity contribution >= 4 is 17.5 Å². The summed E-state index contributed by atoms with van der Waals surface area (Å²) in [7, 11) is 1.54. The van der Waals surface area contributed by atoms with Crippen molar-refractivity contribution in [3.63, 3.8) is 0 Å². The first kappa shape index (κ1) is 16.2. The molecule has 132 valence electrons. The number of rotatable bonds is 4. The van der Waals surface area contributed by atoms with Gasteiger partial charge in [-0.05, 0) is 42.0 Å². The largest absolute Gasteiger partial charge is 0.497 e. The van der Waals surface area contributed by atoms with E-state index in [0.29, 0.717) is 11.4 Å². The number of anilines is 1. The molecule has 0 radical (unpaired) electrons. The van der Waals surface area contributed by atoms with Crippen LogP contribution in [0.2, 0.25) is 0 Å². The van der Waals surface area contributed by atoms with Crippen LogP contribution >= 0.6 is 0 Å². The second-order valence-electron chi connectivity index (χ2n) is 6.03. The first-order valence-corrected chi connectivity index (χ1v) is 8.02. The highest BCUT2D eigenvalue weighted by Crippen LogP contribution is 2.33. The van der Waals surface area contributed by atoms with Gasteiger partial charge in [-0.2, -0.15) is 5.11 Å². The fourth-order valence-electron chi connectivity index (χ4n) is 3.12. The van der Waals surface area contributed by atoms with Crippen LogP contribution < -0.4 is 9.64 Å². The molecule has 4 rings (SSSR count). The molecule has 7 nitrogen and oxygen atoms in total. The van der Waals surface area contributed by atoms with Gasteiger partial charge in [0.25, 0.3) is 11.8 Å². The first-order valence-electron chi connectivity index (χ1n) is 8.02. The lowest BCUT2D eigenvalue weighted by atomic mass is 10.1. The van der Waals surface area contributed by atoms with Gasteiger partial charge in [0.2, 0.25) is 0 Å². The number of methoxy groups -OCH3 is 1. The molecule has 8 heteroatoms. The molecule has 2 aromatic carbocycles. The van der Waals surface area contributed by atoms with Crippen LogP contribution in [0.1, 0.15) is 5.56 Å². The van der Waals surface area contributed by atoms with Gasteiger partial charge in [0.1, 0.15) is 11.6 Å². The minimum absolute atomic E-state index is 0.264. The average molecular weight is 354 g/mol. The van der Waals surface area contributed by atoms with Crippen LogP contribution in [0.4, 0.5) is 10.1 Å². The molecule has 0 saturated carbocycles. The quantitative estimate of drug-likeness (QED) is 0.790. The molecule has 0 unspecified atom stereocenters. The number of fused-ring (bicyclic) bond motifs is 1. The Balaban J connectivity index is 1.57. The van der Waals surface area contributed by atoms with Gasteiger partial charge in [-0.3, -0.25) is 14.6 Å². The van der Waals surface area contributed by atoms with E-state index < -0.39 is 18.0 Å². The third-order valence-electron chi connectivity index (χ3n) is 4.45. The van der Waals surface area contributed by atoms with Crippen molar-refractivity contribution in [1.82, 2.24) is 5.01 Å². The number of hydrogen-bond donors (Lipinski definition) is 0. The summed E-state index contributed by atoms with van der Waals surface area (Å²) in [4.78, 5) is 26.6. The Morgan fingerprint density at radius 3 is 2.38 bits per heavy atom. The second kappa shape index (κ2) is 6.21. The van der Waals surface area contributed by atoms with Crippen LogP contribution in [-0.2, 0) is 16.1 Å². The maximum atomic E-state index is 13.1. The molecular weight excluding hydrogens is 339 g/mol. The summed E-state index contributed by atoms with van der Waals surface area (Å²) in [6, 6.07) is 10.9. The van der Waals surface area contributed by atoms with E-state index in [9.17, 15) is 14.0 Å². The minimum Gasteiger partial charge on any atom is -0.497 e. The highest BCUT2D eigenvalue weighted by atomic mass is 19.1. The highest BCUT2D eigenvalue weighted by Gasteiger charge is 2.54. The maximum absolute atomic E-state index is 13.1. The molecule has 1 fully saturated rings. The number of carbonyl (C=O) groups is 2. The van der Waals surface area contributed by atoms with Crippen molar-refractivity contribution in [1.29, 1.82) is 0 Å². The Bertz CT molecular complexity index is 882. The molecular formula is C18H15FN4O3. The highest BCUT2D eigenvalue weighted by molar-refractivity contribution is 6.25. The summed E-state index contributed by atoms with van der Waals surface area (Å²) in [5.41, 5.74) is 1.24. The van der Waals surface area contributed by atoms with Crippen molar-refractivity contribution in [2.24, 2.45) is 10.3 Å². The van der Waals surface area contributed by atoms with Crippen LogP contribution in [0, 0.1) is 5.82 Å². The standard InChI is InChI=1S/C18H15FN4O3/c1-26-14-8-6-13(7-9-14)23-17(24)15-16(18(23)25)22(21-20-15)10-11-2-4-12(19)5-3-11/h2-9,15-16H,10H2,1H3/t15-,16-/m0/s1. The summed E-state index contributed by atoms with van der Waals surface area (Å²) in [5, 5.41) is 9.42. The molecule has 0 aromatic heterocycles. The summed E-state index contributed by atoms with van der Waals surface area (Å²) < 4.78 is 18.1. The Labute approximate surface area is 148 Å². The zero-order valence-corrected chi connectivity index (χ0v) is 13.9. The van der Waals surface area contributed by atoms with Crippen molar-refractivity contribution in [2.45, 2.75) is 18.6 Å². The minimum atomic E-state index is -0.856. The molecule has 2 aliphatic heterocycles. The van der Waals surface area contributed by atoms with Crippen LogP contribution in [-0.4, -0.2) is 36.0 Å². The van der Waals surface area contributed by atoms with Gasteiger partial charge in [0.05, 0.1) is 19.3 Å². The number of imide groups is 1. The topological polar surface area (TPSA) is 74.6 Å². The predicted octanol–water partition coefficient (Wildman–Crippen LogP) is 2.33. The Morgan fingerprint density at radius 1 is 1.04 bits per heavy atom. The van der Waals surface area contributed by atoms with Crippen LogP contribution in [0.3, 0.4) is 0 Å². The van der Waals surface area contributed by atoms with Crippen LogP contribution in [0.25, 0.3) is 0 Å². The summed E-state index contributed by atoms with van der Waals surface area (Å²) in [5.74, 6) is -0.494. The molecule has 26 heavy (non-hydrogen) atoms. The van der Waals surface area contributed by atoms with E-state index in [1.165, 1.54) is 17.1 Å². The van der Waals surface area contributed by atoms with E-state index in [4.69, 9.17) is 4.74 Å². The van der Waals surface area contributed by atoms with Crippen molar-refractivity contribution < 1.29 is 18.7 Å². The first-order chi connectivity index (χ1) is 12.6. The number of halogens is 1. The molecule has 0 bridgehead atoms. The van der Waals surface area contributed by atoms with E-state index in [-0.39, 0.29) is 18.3 Å². The monoisotopic (exact) mass is 354 g/mol. The molecule has 2 amide bonds. The second-order valence-corrected chi connectivity index (χ2v) is 6.03. The fourth-order valence-corrected chi connectivity index (χ4v) is 3.12. The van der Waals surface area contributed by atoms with Crippen molar-refractivity contribution in [2.75, 3.05) is 12.0 Å². The lowest BCUT2D eigenvalue weighted by Crippen LogP contribution is -2.39. The lowest BCUT2D eigenvalue weighted by molar-refractivity contribution is -0.123. The average Bonchev–Trinajstić information content (AvgIpc) is 3.17. The molecule has 2 heterocycles. The SMILES string of the molecule is COc1ccc(N2C(=O)[C@H]3N=NN(Cc4ccc(F)cc4)[C@@H]3C2=O)cc1. The number of amides is 2. The van der Waals surface area contributed by atoms with E-state index in [0.717, 1.165) is 10.5 Å². The third-order valence-corrected chi connectivity index (χ3v) is 4.45.